The van der Waals surface area contributed by atoms with Gasteiger partial charge in [-0.25, -0.2) is 47.8 Å². The highest BCUT2D eigenvalue weighted by molar-refractivity contribution is 7.61. The molecule has 0 aromatic carbocycles. The van der Waals surface area contributed by atoms with Crippen LogP contribution in [-0.2, 0) is 32.0 Å². The van der Waals surface area contributed by atoms with Crippen molar-refractivity contribution in [2.24, 2.45) is 0 Å². The molecule has 23 nitrogen and oxygen atoms in total. The molecule has 2 fully saturated rings. The van der Waals surface area contributed by atoms with Gasteiger partial charge in [-0.1, -0.05) is 0 Å². The van der Waals surface area contributed by atoms with Crippen LogP contribution in [-0.4, -0.2) is 119 Å². The summed E-state index contributed by atoms with van der Waals surface area (Å²) in [5.41, 5.74) is 11.5. The molecule has 47 heavy (non-hydrogen) atoms. The first kappa shape index (κ1) is 33.5. The van der Waals surface area contributed by atoms with Gasteiger partial charge in [-0.05, 0) is 0 Å². The molecule has 4 unspecified atom stereocenters. The lowest BCUT2D eigenvalue weighted by Crippen LogP contribution is -2.37. The summed E-state index contributed by atoms with van der Waals surface area (Å²) in [6.45, 7) is 0. The van der Waals surface area contributed by atoms with Gasteiger partial charge in [-0.15, -0.1) is 0 Å². The van der Waals surface area contributed by atoms with E-state index in [4.69, 9.17) is 20.9 Å². The van der Waals surface area contributed by atoms with Crippen molar-refractivity contribution in [3.63, 3.8) is 0 Å². The number of hydrogen-bond donors (Lipinski definition) is 8. The molecule has 6 heterocycles. The van der Waals surface area contributed by atoms with Crippen LogP contribution in [0.5, 0.6) is 0 Å². The minimum Gasteiger partial charge on any atom is -0.385 e. The number of nitrogens with two attached hydrogens (primary N) is 2. The summed E-state index contributed by atoms with van der Waals surface area (Å²) in [5, 5.41) is 41.4. The number of nitrogens with zero attached hydrogens (tertiary/aromatic N) is 8. The second-order valence-electron chi connectivity index (χ2n) is 10.0. The Bertz CT molecular complexity index is 1760. The predicted molar refractivity (Wildman–Crippen MR) is 144 cm³/mol. The van der Waals surface area contributed by atoms with Crippen LogP contribution in [0.1, 0.15) is 12.5 Å². The first-order chi connectivity index (χ1) is 22.1. The number of aromatic nitrogens is 8. The maximum Gasteiger partial charge on any atom is 0.483 e. The van der Waals surface area contributed by atoms with Gasteiger partial charge in [0.2, 0.25) is 0 Å². The van der Waals surface area contributed by atoms with E-state index in [9.17, 15) is 48.1 Å². The van der Waals surface area contributed by atoms with Crippen LogP contribution < -0.4 is 11.5 Å². The van der Waals surface area contributed by atoms with Gasteiger partial charge in [0.05, 0.1) is 12.7 Å². The number of imidazole rings is 2. The molecule has 0 radical (unpaired) electrons. The number of hydrogen-bond acceptors (Lipinski definition) is 19. The molecule has 6 rings (SSSR count). The van der Waals surface area contributed by atoms with Crippen molar-refractivity contribution in [2.45, 2.75) is 61.8 Å². The Hall–Kier alpha value is -3.42. The summed E-state index contributed by atoms with van der Waals surface area (Å²) in [5.74, 6) is -0.107. The standard InChI is InChI=1S/C20H24F2N10O13P2/c21-5-9(33)17(31-3-29-7-13(23)25-1-27-15(7)31)41-11(5)19(35)43-46(37,38)45-47(39,40)44-20(36)12-6(22)10(34)18(42-12)32-4-30-8-14(24)26-2-28-16(8)32/h1-6,9-12,17-20,33-36H,(H,37,38)(H,39,40)(H2,23,25,27)(H2,24,26,28)/t5-,6-,9+,10+,11-,12-,17+,18+,19?,20?/m0/s1. The van der Waals surface area contributed by atoms with Crippen LogP contribution in [0.4, 0.5) is 20.4 Å². The zero-order valence-corrected chi connectivity index (χ0v) is 24.8. The summed E-state index contributed by atoms with van der Waals surface area (Å²) >= 11 is 0. The van der Waals surface area contributed by atoms with E-state index in [1.165, 1.54) is 0 Å². The first-order valence-corrected chi connectivity index (χ1v) is 16.0. The number of alkyl halides is 2. The molecule has 10 N–H and O–H groups in total. The molecular weight excluding hydrogens is 688 g/mol. The average molecular weight is 712 g/mol. The summed E-state index contributed by atoms with van der Waals surface area (Å²) in [7, 11) is -11.8. The van der Waals surface area contributed by atoms with E-state index in [0.29, 0.717) is 0 Å². The molecule has 0 amide bonds. The van der Waals surface area contributed by atoms with E-state index >= 15 is 0 Å². The van der Waals surface area contributed by atoms with Crippen LogP contribution in [0.25, 0.3) is 22.3 Å². The van der Waals surface area contributed by atoms with E-state index < -0.39 is 77.4 Å². The van der Waals surface area contributed by atoms with Crippen LogP contribution in [0.15, 0.2) is 25.3 Å². The van der Waals surface area contributed by atoms with Gasteiger partial charge in [0.15, 0.2) is 60.3 Å². The van der Waals surface area contributed by atoms with Crippen molar-refractivity contribution in [3.8, 4) is 0 Å². The molecule has 0 bridgehead atoms. The Morgan fingerprint density at radius 2 is 1.13 bits per heavy atom. The molecule has 0 spiro atoms. The smallest absolute Gasteiger partial charge is 0.385 e. The lowest BCUT2D eigenvalue weighted by molar-refractivity contribution is -0.159. The van der Waals surface area contributed by atoms with E-state index in [1.807, 2.05) is 0 Å². The van der Waals surface area contributed by atoms with Crippen molar-refractivity contribution < 1.29 is 71.0 Å². The highest BCUT2D eigenvalue weighted by atomic mass is 31.3. The maximum absolute atomic E-state index is 15.0. The molecule has 4 aromatic rings. The Kier molecular flexibility index (Phi) is 8.71. The molecule has 2 aliphatic heterocycles. The van der Waals surface area contributed by atoms with Crippen molar-refractivity contribution in [3.05, 3.63) is 25.3 Å². The van der Waals surface area contributed by atoms with Gasteiger partial charge in [0.25, 0.3) is 0 Å². The van der Waals surface area contributed by atoms with Crippen LogP contribution >= 0.6 is 15.6 Å². The fraction of sp³-hybridized carbons (Fsp3) is 0.500. The van der Waals surface area contributed by atoms with Gasteiger partial charge in [-0.3, -0.25) is 18.2 Å². The monoisotopic (exact) mass is 712 g/mol. The second kappa shape index (κ2) is 12.2. The Morgan fingerprint density at radius 1 is 0.745 bits per heavy atom. The number of ether oxygens (including phenoxy) is 2. The fourth-order valence-electron chi connectivity index (χ4n) is 4.92. The number of aliphatic hydroxyl groups excluding tert-OH is 4. The van der Waals surface area contributed by atoms with E-state index in [-0.39, 0.29) is 34.0 Å². The molecule has 12 atom stereocenters. The third kappa shape index (κ3) is 6.17. The third-order valence-corrected chi connectivity index (χ3v) is 9.65. The van der Waals surface area contributed by atoms with Gasteiger partial charge in [0.1, 0.15) is 48.1 Å². The molecule has 2 saturated heterocycles. The fourth-order valence-corrected chi connectivity index (χ4v) is 7.06. The molecular formula is C20H24F2N10O13P2. The number of aliphatic hydroxyl groups is 4. The van der Waals surface area contributed by atoms with Crippen molar-refractivity contribution in [1.29, 1.82) is 0 Å². The first-order valence-electron chi connectivity index (χ1n) is 13.0. The number of nitrogen functional groups attached to an aromatic ring is 2. The van der Waals surface area contributed by atoms with Crippen molar-refractivity contribution in [1.82, 2.24) is 39.0 Å². The topological polar surface area (TPSA) is 341 Å². The summed E-state index contributed by atoms with van der Waals surface area (Å²) < 4.78 is 80.2. The Morgan fingerprint density at radius 3 is 1.51 bits per heavy atom. The van der Waals surface area contributed by atoms with Crippen LogP contribution in [0.2, 0.25) is 0 Å². The SMILES string of the molecule is Nc1ncnc2c1ncn2[C@@H]1O[C@H](C(O)OP(=O)(O)OP(=O)(O)OC(O)[C@H]2O[C@@H](n3cnc4c(N)ncnc43)[C@H](O)[C@@H]2F)[C@@H](F)[C@H]1O. The van der Waals surface area contributed by atoms with Crippen molar-refractivity contribution >= 4 is 49.6 Å². The van der Waals surface area contributed by atoms with Crippen LogP contribution in [0.3, 0.4) is 0 Å². The molecule has 256 valence electrons. The molecule has 27 heteroatoms. The van der Waals surface area contributed by atoms with Gasteiger partial charge >= 0.3 is 15.6 Å². The molecule has 4 aromatic heterocycles. The molecule has 2 aliphatic rings. The zero-order chi connectivity index (χ0) is 34.0. The summed E-state index contributed by atoms with van der Waals surface area (Å²) in [6, 6.07) is 0. The van der Waals surface area contributed by atoms with E-state index in [1.54, 1.807) is 0 Å². The van der Waals surface area contributed by atoms with Gasteiger partial charge < -0.3 is 51.2 Å². The Labute approximate surface area is 258 Å². The van der Waals surface area contributed by atoms with Gasteiger partial charge in [0, 0.05) is 0 Å². The highest BCUT2D eigenvalue weighted by Gasteiger charge is 2.53. The minimum absolute atomic E-state index is 0.00413. The lowest BCUT2D eigenvalue weighted by Gasteiger charge is -2.25. The number of fused-ring (bicyclic) bond motifs is 2. The number of anilines is 2. The number of phosphoric ester groups is 2. The molecule has 0 aliphatic carbocycles. The van der Waals surface area contributed by atoms with E-state index in [0.717, 1.165) is 34.4 Å². The zero-order valence-electron chi connectivity index (χ0n) is 23.0. The number of rotatable bonds is 10. The lowest BCUT2D eigenvalue weighted by atomic mass is 10.1. The summed E-state index contributed by atoms with van der Waals surface area (Å²) in [4.78, 5) is 43.2. The summed E-state index contributed by atoms with van der Waals surface area (Å²) in [6.07, 6.45) is -17.9. The largest absolute Gasteiger partial charge is 0.483 e. The Balaban J connectivity index is 1.09. The third-order valence-electron chi connectivity index (χ3n) is 7.03. The molecule has 0 saturated carbocycles. The van der Waals surface area contributed by atoms with Crippen LogP contribution in [0, 0.1) is 0 Å². The second-order valence-corrected chi connectivity index (χ2v) is 13.0. The minimum atomic E-state index is -5.90. The predicted octanol–water partition coefficient (Wildman–Crippen LogP) is -2.09. The number of halogens is 2. The van der Waals surface area contributed by atoms with E-state index in [2.05, 4.69) is 43.3 Å². The van der Waals surface area contributed by atoms with Gasteiger partial charge in [-0.2, -0.15) is 4.31 Å². The van der Waals surface area contributed by atoms with Crippen molar-refractivity contribution in [2.75, 3.05) is 11.5 Å². The quantitative estimate of drug-likeness (QED) is 0.0645. The number of phosphoric acid groups is 2. The maximum atomic E-state index is 15.0. The average Bonchev–Trinajstić information content (AvgIpc) is 3.74. The normalized spacial score (nSPS) is 32.0. The highest BCUT2D eigenvalue weighted by Crippen LogP contribution is 2.62.